The number of carboxylic acids is 2. The van der Waals surface area contributed by atoms with Crippen molar-refractivity contribution in [3.8, 4) is 0 Å². The average Bonchev–Trinajstić information content (AvgIpc) is 2.89. The van der Waals surface area contributed by atoms with Crippen LogP contribution in [-0.2, 0) is 25.7 Å². The molecule has 1 heterocycles. The first-order chi connectivity index (χ1) is 17.7. The van der Waals surface area contributed by atoms with Gasteiger partial charge in [0, 0.05) is 25.4 Å². The molecule has 0 bridgehead atoms. The quantitative estimate of drug-likeness (QED) is 0.270. The largest absolute Gasteiger partial charge is 0.481 e. The fourth-order valence-corrected chi connectivity index (χ4v) is 3.40. The highest BCUT2D eigenvalue weighted by Gasteiger charge is 2.37. The molecule has 0 aliphatic rings. The molecule has 198 valence electrons. The monoisotopic (exact) mass is 514 g/mol. The van der Waals surface area contributed by atoms with E-state index in [-0.39, 0.29) is 25.1 Å². The predicted octanol–water partition coefficient (Wildman–Crippen LogP) is 1.79. The maximum Gasteiger partial charge on any atom is 0.407 e. The molecule has 12 heteroatoms. The van der Waals surface area contributed by atoms with Gasteiger partial charge in [-0.2, -0.15) is 0 Å². The maximum atomic E-state index is 13.1. The molecule has 12 nitrogen and oxygen atoms in total. The number of aliphatic carboxylic acids is 2. The zero-order chi connectivity index (χ0) is 27.2. The van der Waals surface area contributed by atoms with Crippen LogP contribution in [0.5, 0.6) is 0 Å². The van der Waals surface area contributed by atoms with Gasteiger partial charge in [0.05, 0.1) is 11.6 Å². The molecule has 37 heavy (non-hydrogen) atoms. The highest BCUT2D eigenvalue weighted by Crippen LogP contribution is 2.16. The third kappa shape index (κ3) is 9.68. The Morgan fingerprint density at radius 1 is 1.00 bits per heavy atom. The molecule has 1 aromatic heterocycles. The van der Waals surface area contributed by atoms with Crippen molar-refractivity contribution in [2.75, 3.05) is 6.54 Å². The molecule has 0 unspecified atom stereocenters. The third-order valence-electron chi connectivity index (χ3n) is 5.33. The van der Waals surface area contributed by atoms with Crippen molar-refractivity contribution in [1.29, 1.82) is 0 Å². The Labute approximate surface area is 213 Å². The number of imide groups is 1. The molecule has 0 fully saturated rings. The smallest absolute Gasteiger partial charge is 0.407 e. The van der Waals surface area contributed by atoms with Gasteiger partial charge in [0.1, 0.15) is 12.6 Å². The van der Waals surface area contributed by atoms with Crippen molar-refractivity contribution < 1.29 is 38.9 Å². The zero-order valence-corrected chi connectivity index (χ0v) is 20.1. The molecule has 3 amide bonds. The van der Waals surface area contributed by atoms with E-state index in [1.807, 2.05) is 30.3 Å². The topological polar surface area (TPSA) is 189 Å². The van der Waals surface area contributed by atoms with Crippen LogP contribution in [0.3, 0.4) is 0 Å². The number of benzene rings is 1. The minimum Gasteiger partial charge on any atom is -0.481 e. The van der Waals surface area contributed by atoms with E-state index in [1.165, 1.54) is 24.5 Å². The molecular formula is C25H30N4O8. The van der Waals surface area contributed by atoms with E-state index in [1.54, 1.807) is 0 Å². The minimum absolute atomic E-state index is 0.0390. The Morgan fingerprint density at radius 3 is 2.35 bits per heavy atom. The van der Waals surface area contributed by atoms with E-state index < -0.39 is 54.8 Å². The summed E-state index contributed by atoms with van der Waals surface area (Å²) >= 11 is 0. The van der Waals surface area contributed by atoms with Crippen LogP contribution in [0.25, 0.3) is 0 Å². The molecule has 0 aliphatic heterocycles. The first kappa shape index (κ1) is 28.9. The van der Waals surface area contributed by atoms with Crippen LogP contribution in [0.2, 0.25) is 0 Å². The standard InChI is InChI=1S/C25H30N4O8/c26-19(10-4-5-14-28-25(36)37-16-17-7-2-1-3-8-17)23(33)29(20(24(34)35)11-12-21(30)31)22(32)18-9-6-13-27-15-18/h1-3,6-9,13,15,19-20H,4-5,10-12,14,16,26H2,(H,28,36)(H,30,31)(H,34,35)/t19-,20+/m0/s1. The summed E-state index contributed by atoms with van der Waals surface area (Å²) in [6.07, 6.45) is 1.85. The lowest BCUT2D eigenvalue weighted by molar-refractivity contribution is -0.149. The number of nitrogens with zero attached hydrogens (tertiary/aromatic N) is 2. The molecule has 0 saturated heterocycles. The van der Waals surface area contributed by atoms with E-state index in [0.29, 0.717) is 17.7 Å². The number of aromatic nitrogens is 1. The van der Waals surface area contributed by atoms with Crippen molar-refractivity contribution in [2.24, 2.45) is 5.73 Å². The predicted molar refractivity (Wildman–Crippen MR) is 130 cm³/mol. The van der Waals surface area contributed by atoms with Crippen molar-refractivity contribution in [3.05, 3.63) is 66.0 Å². The lowest BCUT2D eigenvalue weighted by atomic mass is 10.0. The number of ether oxygens (including phenoxy) is 1. The van der Waals surface area contributed by atoms with Gasteiger partial charge >= 0.3 is 18.0 Å². The van der Waals surface area contributed by atoms with Gasteiger partial charge in [-0.15, -0.1) is 0 Å². The van der Waals surface area contributed by atoms with Crippen molar-refractivity contribution in [3.63, 3.8) is 0 Å². The highest BCUT2D eigenvalue weighted by atomic mass is 16.5. The molecule has 2 aromatic rings. The van der Waals surface area contributed by atoms with Gasteiger partial charge < -0.3 is 26.0 Å². The van der Waals surface area contributed by atoms with Crippen LogP contribution in [-0.4, -0.2) is 68.6 Å². The van der Waals surface area contributed by atoms with E-state index >= 15 is 0 Å². The number of alkyl carbamates (subject to hydrolysis) is 1. The van der Waals surface area contributed by atoms with Crippen LogP contribution in [0.4, 0.5) is 4.79 Å². The summed E-state index contributed by atoms with van der Waals surface area (Å²) in [5.41, 5.74) is 6.81. The lowest BCUT2D eigenvalue weighted by Gasteiger charge is -2.29. The fraction of sp³-hybridized carbons (Fsp3) is 0.360. The summed E-state index contributed by atoms with van der Waals surface area (Å²) < 4.78 is 5.11. The van der Waals surface area contributed by atoms with Crippen molar-refractivity contribution in [2.45, 2.75) is 50.8 Å². The maximum absolute atomic E-state index is 13.1. The Kier molecular flexibility index (Phi) is 11.7. The molecule has 0 radical (unpaired) electrons. The van der Waals surface area contributed by atoms with Crippen LogP contribution in [0.15, 0.2) is 54.9 Å². The van der Waals surface area contributed by atoms with Gasteiger partial charge in [0.2, 0.25) is 5.91 Å². The molecule has 5 N–H and O–H groups in total. The second-order valence-electron chi connectivity index (χ2n) is 8.13. The molecule has 2 rings (SSSR count). The molecule has 2 atom stereocenters. The van der Waals surface area contributed by atoms with E-state index in [9.17, 15) is 29.1 Å². The first-order valence-corrected chi connectivity index (χ1v) is 11.6. The van der Waals surface area contributed by atoms with Gasteiger partial charge in [-0.05, 0) is 43.4 Å². The number of pyridine rings is 1. The second kappa shape index (κ2) is 14.9. The van der Waals surface area contributed by atoms with E-state index in [0.717, 1.165) is 5.56 Å². The summed E-state index contributed by atoms with van der Waals surface area (Å²) in [6.45, 7) is 0.378. The summed E-state index contributed by atoms with van der Waals surface area (Å²) in [5, 5.41) is 21.2. The second-order valence-corrected chi connectivity index (χ2v) is 8.13. The van der Waals surface area contributed by atoms with Crippen molar-refractivity contribution >= 4 is 29.8 Å². The van der Waals surface area contributed by atoms with Crippen LogP contribution in [0.1, 0.15) is 48.0 Å². The van der Waals surface area contributed by atoms with Gasteiger partial charge in [-0.1, -0.05) is 30.3 Å². The number of nitrogens with one attached hydrogen (secondary N) is 1. The Bertz CT molecular complexity index is 1060. The normalized spacial score (nSPS) is 12.1. The lowest BCUT2D eigenvalue weighted by Crippen LogP contribution is -2.54. The van der Waals surface area contributed by atoms with E-state index in [4.69, 9.17) is 15.6 Å². The number of nitrogens with two attached hydrogens (primary N) is 1. The number of hydrogen-bond acceptors (Lipinski definition) is 8. The summed E-state index contributed by atoms with van der Waals surface area (Å²) in [6, 6.07) is 9.02. The number of carbonyl (C=O) groups excluding carboxylic acids is 3. The van der Waals surface area contributed by atoms with E-state index in [2.05, 4.69) is 10.3 Å². The SMILES string of the molecule is N[C@@H](CCCCNC(=O)OCc1ccccc1)C(=O)N(C(=O)c1cccnc1)[C@H](CCC(=O)O)C(=O)O. The van der Waals surface area contributed by atoms with Gasteiger partial charge in [0.15, 0.2) is 0 Å². The number of carbonyl (C=O) groups is 5. The third-order valence-corrected chi connectivity index (χ3v) is 5.33. The number of amides is 3. The Hall–Kier alpha value is -4.32. The number of unbranched alkanes of at least 4 members (excludes halogenated alkanes) is 1. The van der Waals surface area contributed by atoms with Gasteiger partial charge in [-0.3, -0.25) is 24.3 Å². The van der Waals surface area contributed by atoms with Crippen LogP contribution < -0.4 is 11.1 Å². The van der Waals surface area contributed by atoms with Crippen LogP contribution >= 0.6 is 0 Å². The van der Waals surface area contributed by atoms with Crippen molar-refractivity contribution in [1.82, 2.24) is 15.2 Å². The minimum atomic E-state index is -1.72. The summed E-state index contributed by atoms with van der Waals surface area (Å²) in [7, 11) is 0. The zero-order valence-electron chi connectivity index (χ0n) is 20.1. The Morgan fingerprint density at radius 2 is 1.73 bits per heavy atom. The average molecular weight is 515 g/mol. The number of hydrogen-bond donors (Lipinski definition) is 4. The number of rotatable bonds is 14. The molecule has 0 saturated carbocycles. The van der Waals surface area contributed by atoms with Crippen LogP contribution in [0, 0.1) is 0 Å². The van der Waals surface area contributed by atoms with Gasteiger partial charge in [0.25, 0.3) is 5.91 Å². The fourth-order valence-electron chi connectivity index (χ4n) is 3.40. The molecule has 0 aliphatic carbocycles. The summed E-state index contributed by atoms with van der Waals surface area (Å²) in [5.74, 6) is -4.68. The Balaban J connectivity index is 1.93. The summed E-state index contributed by atoms with van der Waals surface area (Å²) in [4.78, 5) is 65.1. The highest BCUT2D eigenvalue weighted by molar-refractivity contribution is 6.08. The molecule has 1 aromatic carbocycles. The number of carboxylic acid groups (broad SMARTS) is 2. The first-order valence-electron chi connectivity index (χ1n) is 11.6. The molecular weight excluding hydrogens is 484 g/mol. The molecule has 0 spiro atoms. The van der Waals surface area contributed by atoms with Gasteiger partial charge in [-0.25, -0.2) is 9.59 Å².